The number of hydrogen-bond acceptors (Lipinski definition) is 4. The van der Waals surface area contributed by atoms with Crippen LogP contribution in [-0.2, 0) is 4.79 Å². The Bertz CT molecular complexity index is 922. The number of halogens is 2. The Kier molecular flexibility index (Phi) is 6.80. The van der Waals surface area contributed by atoms with Gasteiger partial charge in [-0.1, -0.05) is 29.3 Å². The van der Waals surface area contributed by atoms with Crippen molar-refractivity contribution in [1.29, 1.82) is 0 Å². The van der Waals surface area contributed by atoms with Crippen molar-refractivity contribution in [1.82, 2.24) is 16.0 Å². The van der Waals surface area contributed by atoms with Crippen LogP contribution in [-0.4, -0.2) is 52.9 Å². The molecule has 1 aromatic rings. The predicted octanol–water partition coefficient (Wildman–Crippen LogP) is 3.20. The normalized spacial score (nSPS) is 30.5. The molecule has 2 unspecified atom stereocenters. The molecule has 33 heavy (non-hydrogen) atoms. The van der Waals surface area contributed by atoms with Crippen LogP contribution < -0.4 is 16.0 Å². The topological polar surface area (TPSA) is 128 Å². The van der Waals surface area contributed by atoms with Crippen molar-refractivity contribution < 1.29 is 24.6 Å². The molecule has 0 spiro atoms. The van der Waals surface area contributed by atoms with Gasteiger partial charge in [0.05, 0.1) is 27.8 Å². The molecular formula is C23H29Cl2N3O5. The first-order chi connectivity index (χ1) is 15.6. The van der Waals surface area contributed by atoms with Crippen molar-refractivity contribution >= 4 is 41.1 Å². The van der Waals surface area contributed by atoms with Gasteiger partial charge in [-0.05, 0) is 74.3 Å². The van der Waals surface area contributed by atoms with Gasteiger partial charge >= 0.3 is 12.0 Å². The van der Waals surface area contributed by atoms with Gasteiger partial charge in [-0.3, -0.25) is 4.79 Å². The maximum Gasteiger partial charge on any atom is 0.328 e. The van der Waals surface area contributed by atoms with E-state index in [9.17, 15) is 24.6 Å². The molecule has 1 aromatic carbocycles. The number of carboxylic acid groups (broad SMARTS) is 1. The quantitative estimate of drug-likeness (QED) is 0.376. The van der Waals surface area contributed by atoms with Gasteiger partial charge in [0.2, 0.25) is 0 Å². The molecule has 4 aliphatic rings. The second kappa shape index (κ2) is 9.31. The van der Waals surface area contributed by atoms with Gasteiger partial charge in [0.25, 0.3) is 5.91 Å². The van der Waals surface area contributed by atoms with E-state index in [4.69, 9.17) is 23.2 Å². The Morgan fingerprint density at radius 2 is 1.70 bits per heavy atom. The first-order valence-corrected chi connectivity index (χ1v) is 12.1. The molecule has 4 aliphatic carbocycles. The smallest absolute Gasteiger partial charge is 0.328 e. The van der Waals surface area contributed by atoms with Gasteiger partial charge in [0.15, 0.2) is 0 Å². The highest BCUT2D eigenvalue weighted by atomic mass is 35.5. The Morgan fingerprint density at radius 1 is 1.06 bits per heavy atom. The van der Waals surface area contributed by atoms with Crippen LogP contribution in [0.3, 0.4) is 0 Å². The molecule has 4 fully saturated rings. The number of urea groups is 1. The van der Waals surface area contributed by atoms with E-state index < -0.39 is 29.6 Å². The summed E-state index contributed by atoms with van der Waals surface area (Å²) in [4.78, 5) is 36.3. The van der Waals surface area contributed by atoms with Crippen molar-refractivity contribution in [3.05, 3.63) is 33.8 Å². The summed E-state index contributed by atoms with van der Waals surface area (Å²) in [6, 6.07) is 2.67. The fourth-order valence-electron chi connectivity index (χ4n) is 6.54. The largest absolute Gasteiger partial charge is 0.480 e. The van der Waals surface area contributed by atoms with E-state index in [0.29, 0.717) is 18.4 Å². The molecule has 4 saturated carbocycles. The molecule has 4 bridgehead atoms. The number of aliphatic hydroxyl groups is 1. The van der Waals surface area contributed by atoms with E-state index >= 15 is 0 Å². The predicted molar refractivity (Wildman–Crippen MR) is 123 cm³/mol. The van der Waals surface area contributed by atoms with Crippen LogP contribution in [0.2, 0.25) is 10.0 Å². The van der Waals surface area contributed by atoms with Crippen molar-refractivity contribution in [3.63, 3.8) is 0 Å². The van der Waals surface area contributed by atoms with Crippen LogP contribution in [0.5, 0.6) is 0 Å². The molecule has 10 heteroatoms. The number of carbonyl (C=O) groups excluding carboxylic acids is 2. The number of benzene rings is 1. The van der Waals surface area contributed by atoms with E-state index in [1.54, 1.807) is 6.07 Å². The molecular weight excluding hydrogens is 469 g/mol. The molecule has 0 radical (unpaired) electrons. The maximum absolute atomic E-state index is 12.5. The fourth-order valence-corrected chi connectivity index (χ4v) is 7.11. The minimum atomic E-state index is -1.35. The molecule has 0 aliphatic heterocycles. The average Bonchev–Trinajstić information content (AvgIpc) is 2.68. The highest BCUT2D eigenvalue weighted by Gasteiger charge is 2.56. The van der Waals surface area contributed by atoms with Crippen LogP contribution in [0, 0.1) is 17.3 Å². The summed E-state index contributed by atoms with van der Waals surface area (Å²) >= 11 is 12.0. The van der Waals surface area contributed by atoms with Crippen LogP contribution in [0.4, 0.5) is 4.79 Å². The minimum Gasteiger partial charge on any atom is -0.480 e. The lowest BCUT2D eigenvalue weighted by Crippen LogP contribution is -2.56. The number of carboxylic acids is 1. The third-order valence-electron chi connectivity index (χ3n) is 7.35. The summed E-state index contributed by atoms with van der Waals surface area (Å²) < 4.78 is 0. The van der Waals surface area contributed by atoms with Crippen LogP contribution in [0.1, 0.15) is 55.3 Å². The first kappa shape index (κ1) is 24.1. The van der Waals surface area contributed by atoms with Crippen molar-refractivity contribution in [2.45, 2.75) is 56.6 Å². The monoisotopic (exact) mass is 497 g/mol. The molecule has 180 valence electrons. The molecule has 8 nitrogen and oxygen atoms in total. The summed E-state index contributed by atoms with van der Waals surface area (Å²) in [6.07, 6.45) is 6.81. The number of aliphatic carboxylic acids is 1. The lowest BCUT2D eigenvalue weighted by molar-refractivity contribution is -0.165. The lowest BCUT2D eigenvalue weighted by Gasteiger charge is -2.60. The number of amides is 3. The minimum absolute atomic E-state index is 0.0197. The highest BCUT2D eigenvalue weighted by Crippen LogP contribution is 2.62. The average molecular weight is 498 g/mol. The maximum atomic E-state index is 12.5. The summed E-state index contributed by atoms with van der Waals surface area (Å²) in [6.45, 7) is 0.144. The summed E-state index contributed by atoms with van der Waals surface area (Å²) in [5, 5.41) is 28.1. The second-order valence-electron chi connectivity index (χ2n) is 10.0. The third kappa shape index (κ3) is 5.39. The summed E-state index contributed by atoms with van der Waals surface area (Å²) in [5.74, 6) is -0.873. The van der Waals surface area contributed by atoms with Crippen LogP contribution >= 0.6 is 23.2 Å². The zero-order chi connectivity index (χ0) is 23.8. The Labute approximate surface area is 202 Å². The Morgan fingerprint density at radius 3 is 2.27 bits per heavy atom. The number of carbonyl (C=O) groups is 3. The summed E-state index contributed by atoms with van der Waals surface area (Å²) in [7, 11) is 0. The van der Waals surface area contributed by atoms with E-state index in [1.807, 2.05) is 0 Å². The number of nitrogens with one attached hydrogen (secondary N) is 3. The Hall–Kier alpha value is -2.03. The molecule has 5 rings (SSSR count). The highest BCUT2D eigenvalue weighted by molar-refractivity contribution is 6.39. The van der Waals surface area contributed by atoms with Crippen molar-refractivity contribution in [3.8, 4) is 0 Å². The van der Waals surface area contributed by atoms with E-state index in [2.05, 4.69) is 16.0 Å². The van der Waals surface area contributed by atoms with Gasteiger partial charge in [0, 0.05) is 6.54 Å². The van der Waals surface area contributed by atoms with Gasteiger partial charge in [0.1, 0.15) is 6.04 Å². The SMILES string of the molecule is O=C(NCCC12CC3CC(CC(O)(C3)C1)C2)NC[C@H](NC(=O)c1c(Cl)cccc1Cl)C(=O)O. The number of rotatable bonds is 8. The lowest BCUT2D eigenvalue weighted by atomic mass is 9.47. The van der Waals surface area contributed by atoms with E-state index in [-0.39, 0.29) is 27.6 Å². The van der Waals surface area contributed by atoms with E-state index in [0.717, 1.165) is 38.5 Å². The molecule has 0 aromatic heterocycles. The molecule has 0 heterocycles. The third-order valence-corrected chi connectivity index (χ3v) is 7.98. The number of hydrogen-bond donors (Lipinski definition) is 5. The zero-order valence-electron chi connectivity index (χ0n) is 18.2. The van der Waals surface area contributed by atoms with Gasteiger partial charge in [-0.25, -0.2) is 9.59 Å². The molecule has 3 atom stereocenters. The standard InChI is InChI=1S/C23H29Cl2N3O5/c24-15-2-1-3-16(25)18(15)19(29)28-17(20(30)31)11-27-21(32)26-5-4-22-7-13-6-14(8-22)10-23(33,9-13)12-22/h1-3,13-14,17,33H,4-12H2,(H,28,29)(H,30,31)(H2,26,27,32)/t13?,14?,17-,22?,23?/m0/s1. The Balaban J connectivity index is 1.25. The van der Waals surface area contributed by atoms with Gasteiger partial charge < -0.3 is 26.2 Å². The van der Waals surface area contributed by atoms with E-state index in [1.165, 1.54) is 18.6 Å². The summed E-state index contributed by atoms with van der Waals surface area (Å²) in [5.41, 5.74) is -0.476. The molecule has 0 saturated heterocycles. The van der Waals surface area contributed by atoms with Crippen molar-refractivity contribution in [2.75, 3.05) is 13.1 Å². The zero-order valence-corrected chi connectivity index (χ0v) is 19.7. The fraction of sp³-hybridized carbons (Fsp3) is 0.609. The van der Waals surface area contributed by atoms with Crippen LogP contribution in [0.25, 0.3) is 0 Å². The van der Waals surface area contributed by atoms with Gasteiger partial charge in [-0.15, -0.1) is 0 Å². The molecule has 3 amide bonds. The molecule has 5 N–H and O–H groups in total. The second-order valence-corrected chi connectivity index (χ2v) is 10.8. The van der Waals surface area contributed by atoms with Crippen LogP contribution in [0.15, 0.2) is 18.2 Å². The first-order valence-electron chi connectivity index (χ1n) is 11.3. The van der Waals surface area contributed by atoms with Crippen molar-refractivity contribution in [2.24, 2.45) is 17.3 Å². The van der Waals surface area contributed by atoms with Gasteiger partial charge in [-0.2, -0.15) is 0 Å².